The second kappa shape index (κ2) is 11.2. The van der Waals surface area contributed by atoms with E-state index in [1.54, 1.807) is 18.2 Å². The monoisotopic (exact) mass is 643 g/mol. The zero-order valence-corrected chi connectivity index (χ0v) is 22.6. The summed E-state index contributed by atoms with van der Waals surface area (Å²) in [5.74, 6) is 0.147. The van der Waals surface area contributed by atoms with Crippen molar-refractivity contribution in [2.45, 2.75) is 32.3 Å². The molecule has 170 valence electrons. The molecule has 1 N–H and O–H groups in total. The summed E-state index contributed by atoms with van der Waals surface area (Å²) in [6, 6.07) is 17.7. The molecule has 1 aromatic heterocycles. The average Bonchev–Trinajstić information content (AvgIpc) is 3.19. The van der Waals surface area contributed by atoms with Crippen LogP contribution in [0.2, 0.25) is 0 Å². The van der Waals surface area contributed by atoms with Crippen molar-refractivity contribution in [1.82, 2.24) is 0 Å². The van der Waals surface area contributed by atoms with Crippen molar-refractivity contribution in [3.05, 3.63) is 83.2 Å². The molecular formula is C26H19BrIN3O2S. The first-order valence-corrected chi connectivity index (χ1v) is 13.3. The Morgan fingerprint density at radius 2 is 1.94 bits per heavy atom. The van der Waals surface area contributed by atoms with Crippen LogP contribution in [0.3, 0.4) is 0 Å². The molecule has 5 nitrogen and oxygen atoms in total. The number of carbonyl (C=O) groups is 1. The van der Waals surface area contributed by atoms with E-state index < -0.39 is 5.91 Å². The van der Waals surface area contributed by atoms with Crippen molar-refractivity contribution < 1.29 is 9.53 Å². The summed E-state index contributed by atoms with van der Waals surface area (Å²) in [6.07, 6.45) is 5.46. The van der Waals surface area contributed by atoms with Gasteiger partial charge in [0.2, 0.25) is 0 Å². The van der Waals surface area contributed by atoms with Gasteiger partial charge in [-0.2, -0.15) is 10.5 Å². The lowest BCUT2D eigenvalue weighted by atomic mass is 9.96. The third kappa shape index (κ3) is 5.69. The first-order valence-electron chi connectivity index (χ1n) is 10.6. The first-order chi connectivity index (χ1) is 16.5. The molecule has 1 aliphatic carbocycles. The second-order valence-electron chi connectivity index (χ2n) is 7.76. The molecule has 1 heterocycles. The molecule has 8 heteroatoms. The highest BCUT2D eigenvalue weighted by Gasteiger charge is 2.22. The van der Waals surface area contributed by atoms with Gasteiger partial charge in [0, 0.05) is 8.45 Å². The number of fused-ring (bicyclic) bond motifs is 1. The van der Waals surface area contributed by atoms with E-state index in [1.165, 1.54) is 21.0 Å². The number of nitriles is 2. The number of nitrogens with one attached hydrogen (secondary N) is 1. The highest BCUT2D eigenvalue weighted by atomic mass is 127. The van der Waals surface area contributed by atoms with Gasteiger partial charge in [-0.05, 0) is 111 Å². The number of halogens is 2. The van der Waals surface area contributed by atoms with Crippen molar-refractivity contribution in [1.29, 1.82) is 10.5 Å². The zero-order valence-electron chi connectivity index (χ0n) is 18.0. The number of rotatable bonds is 6. The summed E-state index contributed by atoms with van der Waals surface area (Å²) in [6.45, 7) is 0.433. The molecule has 0 saturated heterocycles. The number of aryl methyl sites for hydroxylation is 1. The Morgan fingerprint density at radius 1 is 1.18 bits per heavy atom. The molecule has 1 amide bonds. The van der Waals surface area contributed by atoms with E-state index in [9.17, 15) is 15.3 Å². The predicted molar refractivity (Wildman–Crippen MR) is 146 cm³/mol. The van der Waals surface area contributed by atoms with Crippen molar-refractivity contribution in [3.63, 3.8) is 0 Å². The van der Waals surface area contributed by atoms with E-state index in [0.717, 1.165) is 46.2 Å². The third-order valence-electron chi connectivity index (χ3n) is 5.45. The van der Waals surface area contributed by atoms with E-state index in [1.807, 2.05) is 30.3 Å². The van der Waals surface area contributed by atoms with Crippen LogP contribution in [0.15, 0.2) is 52.5 Å². The molecule has 0 saturated carbocycles. The van der Waals surface area contributed by atoms with Crippen molar-refractivity contribution in [3.8, 4) is 17.9 Å². The number of anilines is 1. The quantitative estimate of drug-likeness (QED) is 0.178. The van der Waals surface area contributed by atoms with Crippen LogP contribution in [0.1, 0.15) is 40.0 Å². The molecule has 0 atom stereocenters. The summed E-state index contributed by atoms with van der Waals surface area (Å²) in [4.78, 5) is 14.0. The fourth-order valence-corrected chi connectivity index (χ4v) is 5.83. The van der Waals surface area contributed by atoms with E-state index in [-0.39, 0.29) is 5.57 Å². The molecule has 0 radical (unpaired) electrons. The minimum absolute atomic E-state index is 0.0327. The van der Waals surface area contributed by atoms with Crippen molar-refractivity contribution in [2.75, 3.05) is 5.32 Å². The topological polar surface area (TPSA) is 85.9 Å². The number of hydrogen-bond acceptors (Lipinski definition) is 5. The SMILES string of the molecule is N#C/C(=C\c1ccc(OCc2ccc(I)cc2)c(Br)c1)C(=O)Nc1sc2c(c1C#N)CCCC2. The number of carbonyl (C=O) groups excluding carboxylic acids is 1. The molecule has 0 spiro atoms. The third-order valence-corrected chi connectivity index (χ3v) is 8.00. The predicted octanol–water partition coefficient (Wildman–Crippen LogP) is 6.99. The van der Waals surface area contributed by atoms with Gasteiger partial charge in [-0.25, -0.2) is 0 Å². The summed E-state index contributed by atoms with van der Waals surface area (Å²) < 4.78 is 7.79. The normalized spacial score (nSPS) is 12.9. The Morgan fingerprint density at radius 3 is 2.65 bits per heavy atom. The molecule has 0 unspecified atom stereocenters. The van der Waals surface area contributed by atoms with Gasteiger partial charge in [0.1, 0.15) is 35.1 Å². The van der Waals surface area contributed by atoms with Gasteiger partial charge in [-0.1, -0.05) is 18.2 Å². The van der Waals surface area contributed by atoms with Crippen LogP contribution < -0.4 is 10.1 Å². The average molecular weight is 644 g/mol. The standard InChI is InChI=1S/C26H19BrIN3O2S/c27-22-12-17(7-10-23(22)33-15-16-5-8-19(28)9-6-16)11-18(13-29)25(32)31-26-21(14-30)20-3-1-2-4-24(20)34-26/h5-12H,1-4,15H2,(H,31,32)/b18-11+. The first kappa shape index (κ1) is 24.5. The number of amides is 1. The van der Waals surface area contributed by atoms with E-state index in [4.69, 9.17) is 4.74 Å². The fraction of sp³-hybridized carbons (Fsp3) is 0.192. The Bertz CT molecular complexity index is 1350. The molecular weight excluding hydrogens is 625 g/mol. The van der Waals surface area contributed by atoms with Gasteiger partial charge >= 0.3 is 0 Å². The van der Waals surface area contributed by atoms with Crippen LogP contribution in [0, 0.1) is 26.2 Å². The number of hydrogen-bond donors (Lipinski definition) is 1. The highest BCUT2D eigenvalue weighted by molar-refractivity contribution is 14.1. The summed E-state index contributed by atoms with van der Waals surface area (Å²) in [7, 11) is 0. The Hall–Kier alpha value is -2.66. The summed E-state index contributed by atoms with van der Waals surface area (Å²) in [5, 5.41) is 22.5. The molecule has 2 aromatic carbocycles. The molecule has 0 bridgehead atoms. The zero-order chi connectivity index (χ0) is 24.1. The summed E-state index contributed by atoms with van der Waals surface area (Å²) >= 11 is 7.22. The number of benzene rings is 2. The molecule has 0 fully saturated rings. The maximum Gasteiger partial charge on any atom is 0.266 e. The van der Waals surface area contributed by atoms with Gasteiger partial charge in [0.15, 0.2) is 0 Å². The maximum atomic E-state index is 12.8. The maximum absolute atomic E-state index is 12.8. The van der Waals surface area contributed by atoms with Crippen LogP contribution >= 0.6 is 49.9 Å². The second-order valence-corrected chi connectivity index (χ2v) is 11.0. The molecule has 4 rings (SSSR count). The van der Waals surface area contributed by atoms with Crippen molar-refractivity contribution >= 4 is 66.8 Å². The van der Waals surface area contributed by atoms with Crippen LogP contribution in [0.25, 0.3) is 6.08 Å². The van der Waals surface area contributed by atoms with Gasteiger partial charge in [0.05, 0.1) is 10.0 Å². The lowest BCUT2D eigenvalue weighted by Crippen LogP contribution is -2.13. The Labute approximate surface area is 224 Å². The lowest BCUT2D eigenvalue weighted by Gasteiger charge is -2.09. The van der Waals surface area contributed by atoms with Gasteiger partial charge in [0.25, 0.3) is 5.91 Å². The van der Waals surface area contributed by atoms with E-state index >= 15 is 0 Å². The molecule has 34 heavy (non-hydrogen) atoms. The largest absolute Gasteiger partial charge is 0.488 e. The fourth-order valence-electron chi connectivity index (χ4n) is 3.72. The van der Waals surface area contributed by atoms with Crippen molar-refractivity contribution in [2.24, 2.45) is 0 Å². The van der Waals surface area contributed by atoms with E-state index in [0.29, 0.717) is 28.5 Å². The number of nitrogens with zero attached hydrogens (tertiary/aromatic N) is 2. The Kier molecular flexibility index (Phi) is 8.04. The van der Waals surface area contributed by atoms with Crippen LogP contribution in [0.4, 0.5) is 5.00 Å². The molecule has 3 aromatic rings. The minimum Gasteiger partial charge on any atom is -0.488 e. The van der Waals surface area contributed by atoms with Gasteiger partial charge in [-0.3, -0.25) is 4.79 Å². The highest BCUT2D eigenvalue weighted by Crippen LogP contribution is 2.38. The summed E-state index contributed by atoms with van der Waals surface area (Å²) in [5.41, 5.74) is 3.29. The lowest BCUT2D eigenvalue weighted by molar-refractivity contribution is -0.112. The van der Waals surface area contributed by atoms with E-state index in [2.05, 4.69) is 49.9 Å². The van der Waals surface area contributed by atoms with Gasteiger partial charge in [-0.15, -0.1) is 11.3 Å². The minimum atomic E-state index is -0.521. The number of ether oxygens (including phenoxy) is 1. The van der Waals surface area contributed by atoms with Crippen LogP contribution in [-0.4, -0.2) is 5.91 Å². The van der Waals surface area contributed by atoms with Crippen LogP contribution in [0.5, 0.6) is 5.75 Å². The molecule has 1 aliphatic rings. The van der Waals surface area contributed by atoms with Gasteiger partial charge < -0.3 is 10.1 Å². The molecule has 0 aliphatic heterocycles. The smallest absolute Gasteiger partial charge is 0.266 e. The van der Waals surface area contributed by atoms with Crippen LogP contribution in [-0.2, 0) is 24.2 Å². The number of thiophene rings is 1. The Balaban J connectivity index is 1.48.